The molecule has 0 saturated heterocycles. The lowest BCUT2D eigenvalue weighted by Crippen LogP contribution is -2.43. The van der Waals surface area contributed by atoms with Gasteiger partial charge in [-0.25, -0.2) is 4.79 Å². The number of nitrogens with zero attached hydrogens (tertiary/aromatic N) is 4. The lowest BCUT2D eigenvalue weighted by atomic mass is 10.2. The third-order valence-corrected chi connectivity index (χ3v) is 3.76. The molecule has 1 heterocycles. The number of rotatable bonds is 9. The molecule has 8 nitrogen and oxygen atoms in total. The summed E-state index contributed by atoms with van der Waals surface area (Å²) in [6.45, 7) is 12.7. The van der Waals surface area contributed by atoms with Crippen molar-refractivity contribution in [1.29, 1.82) is 0 Å². The SMILES string of the molecule is CN=C(NCCCN(C(=O)OC(C)(C)C)C(C)C)NCCCn1cccn1.I. The average Bonchev–Trinajstić information content (AvgIpc) is 3.07. The first kappa shape index (κ1) is 26.5. The molecule has 0 aliphatic heterocycles. The molecule has 0 aliphatic carbocycles. The van der Waals surface area contributed by atoms with Crippen LogP contribution in [0.5, 0.6) is 0 Å². The van der Waals surface area contributed by atoms with Gasteiger partial charge in [-0.1, -0.05) is 0 Å². The highest BCUT2D eigenvalue weighted by atomic mass is 127. The van der Waals surface area contributed by atoms with Crippen LogP contribution < -0.4 is 10.6 Å². The van der Waals surface area contributed by atoms with Crippen LogP contribution in [0.15, 0.2) is 23.5 Å². The number of ether oxygens (including phenoxy) is 1. The Hall–Kier alpha value is -1.52. The molecule has 9 heteroatoms. The summed E-state index contributed by atoms with van der Waals surface area (Å²) in [6, 6.07) is 2.02. The van der Waals surface area contributed by atoms with E-state index in [1.165, 1.54) is 0 Å². The first-order chi connectivity index (χ1) is 12.7. The van der Waals surface area contributed by atoms with Crippen LogP contribution in [0.3, 0.4) is 0 Å². The summed E-state index contributed by atoms with van der Waals surface area (Å²) in [4.78, 5) is 18.3. The molecule has 1 amide bonds. The molecule has 0 bridgehead atoms. The molecule has 1 aromatic rings. The van der Waals surface area contributed by atoms with Crippen molar-refractivity contribution in [2.24, 2.45) is 4.99 Å². The van der Waals surface area contributed by atoms with Crippen LogP contribution in [0, 0.1) is 0 Å². The number of carbonyl (C=O) groups is 1. The van der Waals surface area contributed by atoms with E-state index in [-0.39, 0.29) is 36.1 Å². The molecule has 162 valence electrons. The zero-order valence-corrected chi connectivity index (χ0v) is 20.4. The molecule has 0 spiro atoms. The molecule has 0 unspecified atom stereocenters. The Kier molecular flexibility index (Phi) is 12.9. The van der Waals surface area contributed by atoms with Crippen LogP contribution in [0.25, 0.3) is 0 Å². The maximum atomic E-state index is 12.3. The Morgan fingerprint density at radius 2 is 1.89 bits per heavy atom. The fourth-order valence-corrected chi connectivity index (χ4v) is 2.44. The molecule has 0 aliphatic rings. The largest absolute Gasteiger partial charge is 0.444 e. The molecule has 28 heavy (non-hydrogen) atoms. The Morgan fingerprint density at radius 1 is 1.25 bits per heavy atom. The average molecular weight is 508 g/mol. The fourth-order valence-electron chi connectivity index (χ4n) is 2.44. The number of carbonyl (C=O) groups excluding carboxylic acids is 1. The molecular formula is C19H37IN6O2. The second kappa shape index (κ2) is 13.6. The molecule has 0 atom stereocenters. The topological polar surface area (TPSA) is 83.8 Å². The van der Waals surface area contributed by atoms with E-state index < -0.39 is 5.60 Å². The van der Waals surface area contributed by atoms with Gasteiger partial charge in [0.25, 0.3) is 0 Å². The monoisotopic (exact) mass is 508 g/mol. The number of hydrogen-bond acceptors (Lipinski definition) is 4. The van der Waals surface area contributed by atoms with Gasteiger partial charge < -0.3 is 20.3 Å². The second-order valence-corrected chi connectivity index (χ2v) is 7.67. The van der Waals surface area contributed by atoms with Gasteiger partial charge in [-0.2, -0.15) is 5.10 Å². The highest BCUT2D eigenvalue weighted by molar-refractivity contribution is 14.0. The minimum Gasteiger partial charge on any atom is -0.444 e. The number of nitrogens with one attached hydrogen (secondary N) is 2. The number of amides is 1. The predicted molar refractivity (Wildman–Crippen MR) is 124 cm³/mol. The number of hydrogen-bond donors (Lipinski definition) is 2. The smallest absolute Gasteiger partial charge is 0.410 e. The van der Waals surface area contributed by atoms with Gasteiger partial charge >= 0.3 is 6.09 Å². The summed E-state index contributed by atoms with van der Waals surface area (Å²) in [5, 5.41) is 10.8. The van der Waals surface area contributed by atoms with Crippen LogP contribution in [0.2, 0.25) is 0 Å². The lowest BCUT2D eigenvalue weighted by molar-refractivity contribution is 0.0190. The van der Waals surface area contributed by atoms with Crippen molar-refractivity contribution in [2.75, 3.05) is 26.7 Å². The summed E-state index contributed by atoms with van der Waals surface area (Å²) >= 11 is 0. The van der Waals surface area contributed by atoms with Gasteiger partial charge in [0.1, 0.15) is 5.60 Å². The molecule has 0 radical (unpaired) electrons. The van der Waals surface area contributed by atoms with E-state index in [2.05, 4.69) is 20.7 Å². The number of aliphatic imine (C=N–C) groups is 1. The fraction of sp³-hybridized carbons (Fsp3) is 0.737. The highest BCUT2D eigenvalue weighted by Crippen LogP contribution is 2.12. The van der Waals surface area contributed by atoms with Crippen molar-refractivity contribution in [1.82, 2.24) is 25.3 Å². The maximum Gasteiger partial charge on any atom is 0.410 e. The zero-order chi connectivity index (χ0) is 20.3. The van der Waals surface area contributed by atoms with E-state index in [0.29, 0.717) is 6.54 Å². The summed E-state index contributed by atoms with van der Waals surface area (Å²) in [5.41, 5.74) is -0.482. The maximum absolute atomic E-state index is 12.3. The van der Waals surface area contributed by atoms with E-state index in [0.717, 1.165) is 38.4 Å². The Balaban J connectivity index is 0.00000729. The molecule has 0 fully saturated rings. The van der Waals surface area contributed by atoms with Crippen molar-refractivity contribution in [3.8, 4) is 0 Å². The highest BCUT2D eigenvalue weighted by Gasteiger charge is 2.23. The summed E-state index contributed by atoms with van der Waals surface area (Å²) < 4.78 is 7.39. The molecule has 2 N–H and O–H groups in total. The van der Waals surface area contributed by atoms with Gasteiger partial charge in [0.2, 0.25) is 0 Å². The van der Waals surface area contributed by atoms with Crippen molar-refractivity contribution in [3.63, 3.8) is 0 Å². The number of guanidine groups is 1. The minimum absolute atomic E-state index is 0. The third kappa shape index (κ3) is 11.4. The Bertz CT molecular complexity index is 569. The first-order valence-corrected chi connectivity index (χ1v) is 9.64. The van der Waals surface area contributed by atoms with E-state index in [4.69, 9.17) is 4.74 Å². The van der Waals surface area contributed by atoms with Crippen LogP contribution in [-0.2, 0) is 11.3 Å². The molecule has 0 saturated carbocycles. The van der Waals surface area contributed by atoms with Crippen LogP contribution >= 0.6 is 24.0 Å². The molecule has 1 aromatic heterocycles. The predicted octanol–water partition coefficient (Wildman–Crippen LogP) is 3.09. The summed E-state index contributed by atoms with van der Waals surface area (Å²) in [7, 11) is 1.75. The van der Waals surface area contributed by atoms with E-state index in [1.807, 2.05) is 51.6 Å². The van der Waals surface area contributed by atoms with Gasteiger partial charge in [0, 0.05) is 51.7 Å². The molecule has 1 rings (SSSR count). The second-order valence-electron chi connectivity index (χ2n) is 7.67. The normalized spacial score (nSPS) is 11.8. The van der Waals surface area contributed by atoms with Crippen LogP contribution in [0.4, 0.5) is 4.79 Å². The standard InChI is InChI=1S/C19H36N6O2.HI/c1-16(2)25(18(26)27-19(3,4)5)15-8-11-22-17(20-6)21-10-7-13-24-14-9-12-23-24;/h9,12,14,16H,7-8,10-11,13,15H2,1-6H3,(H2,20,21,22);1H. The van der Waals surface area contributed by atoms with Gasteiger partial charge in [-0.15, -0.1) is 24.0 Å². The number of aryl methyl sites for hydroxylation is 1. The minimum atomic E-state index is -0.482. The van der Waals surface area contributed by atoms with E-state index in [1.54, 1.807) is 18.1 Å². The summed E-state index contributed by atoms with van der Waals surface area (Å²) in [6.07, 6.45) is 5.25. The van der Waals surface area contributed by atoms with Crippen molar-refractivity contribution in [3.05, 3.63) is 18.5 Å². The first-order valence-electron chi connectivity index (χ1n) is 9.64. The Labute approximate surface area is 186 Å². The lowest BCUT2D eigenvalue weighted by Gasteiger charge is -2.30. The van der Waals surface area contributed by atoms with Crippen molar-refractivity contribution in [2.45, 2.75) is 65.6 Å². The third-order valence-electron chi connectivity index (χ3n) is 3.76. The van der Waals surface area contributed by atoms with Crippen LogP contribution in [-0.4, -0.2) is 65.1 Å². The van der Waals surface area contributed by atoms with E-state index in [9.17, 15) is 4.79 Å². The number of aromatic nitrogens is 2. The van der Waals surface area contributed by atoms with Gasteiger partial charge in [-0.05, 0) is 53.5 Å². The van der Waals surface area contributed by atoms with Crippen LogP contribution in [0.1, 0.15) is 47.5 Å². The summed E-state index contributed by atoms with van der Waals surface area (Å²) in [5.74, 6) is 0.767. The van der Waals surface area contributed by atoms with Gasteiger partial charge in [0.15, 0.2) is 5.96 Å². The van der Waals surface area contributed by atoms with Crippen molar-refractivity contribution >= 4 is 36.0 Å². The quantitative estimate of drug-likeness (QED) is 0.232. The van der Waals surface area contributed by atoms with Gasteiger partial charge in [-0.3, -0.25) is 9.67 Å². The van der Waals surface area contributed by atoms with E-state index >= 15 is 0 Å². The number of halogens is 1. The van der Waals surface area contributed by atoms with Gasteiger partial charge in [0.05, 0.1) is 0 Å². The molecule has 0 aromatic carbocycles. The van der Waals surface area contributed by atoms with Crippen molar-refractivity contribution < 1.29 is 9.53 Å². The Morgan fingerprint density at radius 3 is 2.39 bits per heavy atom. The molecular weight excluding hydrogens is 471 g/mol. The zero-order valence-electron chi connectivity index (χ0n) is 18.1.